The monoisotopic (exact) mass is 365 g/mol. The molecule has 0 unspecified atom stereocenters. The highest BCUT2D eigenvalue weighted by molar-refractivity contribution is 5.99. The van der Waals surface area contributed by atoms with E-state index in [0.29, 0.717) is 12.4 Å². The lowest BCUT2D eigenvalue weighted by Crippen LogP contribution is -2.25. The summed E-state index contributed by atoms with van der Waals surface area (Å²) >= 11 is 0. The van der Waals surface area contributed by atoms with Gasteiger partial charge in [-0.15, -0.1) is 0 Å². The summed E-state index contributed by atoms with van der Waals surface area (Å²) in [7, 11) is 3.28. The van der Waals surface area contributed by atoms with Gasteiger partial charge in [0.2, 0.25) is 5.90 Å². The number of nitrogens with zero attached hydrogens (tertiary/aromatic N) is 1. The van der Waals surface area contributed by atoms with Gasteiger partial charge in [-0.2, -0.15) is 0 Å². The van der Waals surface area contributed by atoms with Crippen molar-refractivity contribution in [2.45, 2.75) is 26.8 Å². The van der Waals surface area contributed by atoms with Crippen LogP contribution in [0.2, 0.25) is 0 Å². The van der Waals surface area contributed by atoms with Crippen LogP contribution in [0.25, 0.3) is 12.2 Å². The number of benzene rings is 2. The first-order valence-corrected chi connectivity index (χ1v) is 9.12. The van der Waals surface area contributed by atoms with E-state index in [1.165, 1.54) is 0 Å². The highest BCUT2D eigenvalue weighted by atomic mass is 16.5. The lowest BCUT2D eigenvalue weighted by Gasteiger charge is -2.21. The van der Waals surface area contributed by atoms with E-state index in [2.05, 4.69) is 45.1 Å². The number of methoxy groups -OCH3 is 2. The summed E-state index contributed by atoms with van der Waals surface area (Å²) in [6, 6.07) is 14.2. The molecular formula is C23H27NO3. The molecule has 142 valence electrons. The first-order chi connectivity index (χ1) is 12.9. The molecule has 0 radical (unpaired) electrons. The number of ether oxygens (including phenoxy) is 3. The topological polar surface area (TPSA) is 40.0 Å². The van der Waals surface area contributed by atoms with Crippen LogP contribution in [0, 0.1) is 5.41 Å². The first-order valence-electron chi connectivity index (χ1n) is 9.12. The minimum absolute atomic E-state index is 0.0895. The number of aliphatic imine (C=N–C) groups is 1. The minimum atomic E-state index is 0.0895. The Labute approximate surface area is 161 Å². The molecule has 2 aromatic carbocycles. The Morgan fingerprint density at radius 2 is 1.74 bits per heavy atom. The number of hydrogen-bond acceptors (Lipinski definition) is 4. The molecular weight excluding hydrogens is 338 g/mol. The van der Waals surface area contributed by atoms with Gasteiger partial charge in [-0.05, 0) is 34.7 Å². The van der Waals surface area contributed by atoms with Gasteiger partial charge in [0, 0.05) is 5.56 Å². The quantitative estimate of drug-likeness (QED) is 0.695. The normalized spacial score (nSPS) is 16.9. The molecule has 4 heteroatoms. The van der Waals surface area contributed by atoms with Gasteiger partial charge in [-0.3, -0.25) is 0 Å². The van der Waals surface area contributed by atoms with Crippen LogP contribution in [-0.2, 0) is 4.74 Å². The molecule has 0 saturated heterocycles. The van der Waals surface area contributed by atoms with Gasteiger partial charge in [0.1, 0.15) is 6.61 Å². The summed E-state index contributed by atoms with van der Waals surface area (Å²) in [6.07, 6.45) is 4.13. The highest BCUT2D eigenvalue weighted by Crippen LogP contribution is 2.30. The zero-order valence-electron chi connectivity index (χ0n) is 16.7. The summed E-state index contributed by atoms with van der Waals surface area (Å²) in [5.41, 5.74) is 3.21. The lowest BCUT2D eigenvalue weighted by atomic mass is 9.88. The fourth-order valence-corrected chi connectivity index (χ4v) is 2.94. The van der Waals surface area contributed by atoms with Crippen LogP contribution >= 0.6 is 0 Å². The second-order valence-corrected chi connectivity index (χ2v) is 7.66. The maximum atomic E-state index is 5.92. The van der Waals surface area contributed by atoms with Crippen molar-refractivity contribution in [1.29, 1.82) is 0 Å². The van der Waals surface area contributed by atoms with Crippen molar-refractivity contribution in [3.63, 3.8) is 0 Å². The van der Waals surface area contributed by atoms with E-state index in [0.717, 1.165) is 28.3 Å². The Hall–Kier alpha value is -2.75. The molecule has 0 spiro atoms. The molecule has 0 amide bonds. The predicted molar refractivity (Wildman–Crippen MR) is 111 cm³/mol. The fraction of sp³-hybridized carbons (Fsp3) is 0.348. The van der Waals surface area contributed by atoms with Crippen LogP contribution in [0.5, 0.6) is 11.5 Å². The second kappa shape index (κ2) is 7.87. The van der Waals surface area contributed by atoms with Gasteiger partial charge < -0.3 is 14.2 Å². The fourth-order valence-electron chi connectivity index (χ4n) is 2.94. The molecule has 1 aliphatic rings. The zero-order valence-corrected chi connectivity index (χ0v) is 16.7. The number of hydrogen-bond donors (Lipinski definition) is 0. The smallest absolute Gasteiger partial charge is 0.217 e. The third kappa shape index (κ3) is 4.33. The van der Waals surface area contributed by atoms with E-state index >= 15 is 0 Å². The Balaban J connectivity index is 1.88. The number of rotatable bonds is 5. The highest BCUT2D eigenvalue weighted by Gasteiger charge is 2.31. The molecule has 0 bridgehead atoms. The van der Waals surface area contributed by atoms with Gasteiger partial charge in [0.05, 0.1) is 20.3 Å². The molecule has 3 rings (SSSR count). The molecule has 2 aromatic rings. The maximum absolute atomic E-state index is 5.92. The predicted octanol–water partition coefficient (Wildman–Crippen LogP) is 5.07. The van der Waals surface area contributed by atoms with Gasteiger partial charge in [-0.1, -0.05) is 57.2 Å². The summed E-state index contributed by atoms with van der Waals surface area (Å²) < 4.78 is 16.6. The summed E-state index contributed by atoms with van der Waals surface area (Å²) in [6.45, 7) is 7.20. The Bertz CT molecular complexity index is 862. The van der Waals surface area contributed by atoms with Gasteiger partial charge >= 0.3 is 0 Å². The molecule has 4 nitrogen and oxygen atoms in total. The molecule has 1 heterocycles. The Kier molecular flexibility index (Phi) is 5.54. The van der Waals surface area contributed by atoms with Crippen LogP contribution < -0.4 is 9.47 Å². The molecule has 27 heavy (non-hydrogen) atoms. The van der Waals surface area contributed by atoms with Crippen molar-refractivity contribution in [2.24, 2.45) is 10.4 Å². The average Bonchev–Trinajstić information content (AvgIpc) is 3.17. The van der Waals surface area contributed by atoms with Crippen LogP contribution in [0.4, 0.5) is 0 Å². The lowest BCUT2D eigenvalue weighted by molar-refractivity contribution is 0.236. The molecule has 1 atom stereocenters. The van der Waals surface area contributed by atoms with E-state index in [1.54, 1.807) is 14.2 Å². The van der Waals surface area contributed by atoms with Crippen molar-refractivity contribution in [1.82, 2.24) is 0 Å². The largest absolute Gasteiger partial charge is 0.493 e. The molecule has 0 fully saturated rings. The van der Waals surface area contributed by atoms with Crippen molar-refractivity contribution >= 4 is 18.0 Å². The average molecular weight is 365 g/mol. The van der Waals surface area contributed by atoms with Gasteiger partial charge in [0.25, 0.3) is 0 Å². The molecule has 0 aliphatic carbocycles. The molecule has 1 aliphatic heterocycles. The van der Waals surface area contributed by atoms with E-state index in [1.807, 2.05) is 30.3 Å². The summed E-state index contributed by atoms with van der Waals surface area (Å²) in [5, 5.41) is 0. The molecule has 0 saturated carbocycles. The van der Waals surface area contributed by atoms with Crippen molar-refractivity contribution < 1.29 is 14.2 Å². The maximum Gasteiger partial charge on any atom is 0.217 e. The third-order valence-electron chi connectivity index (χ3n) is 4.70. The van der Waals surface area contributed by atoms with Crippen LogP contribution in [0.3, 0.4) is 0 Å². The van der Waals surface area contributed by atoms with Crippen molar-refractivity contribution in [3.05, 3.63) is 59.2 Å². The second-order valence-electron chi connectivity index (χ2n) is 7.66. The first kappa shape index (κ1) is 19.0. The van der Waals surface area contributed by atoms with Crippen LogP contribution in [0.15, 0.2) is 47.5 Å². The minimum Gasteiger partial charge on any atom is -0.493 e. The van der Waals surface area contributed by atoms with E-state index in [4.69, 9.17) is 19.2 Å². The van der Waals surface area contributed by atoms with E-state index in [9.17, 15) is 0 Å². The molecule has 0 N–H and O–H groups in total. The van der Waals surface area contributed by atoms with Crippen molar-refractivity contribution in [2.75, 3.05) is 20.8 Å². The van der Waals surface area contributed by atoms with E-state index < -0.39 is 0 Å². The van der Waals surface area contributed by atoms with E-state index in [-0.39, 0.29) is 11.5 Å². The Morgan fingerprint density at radius 3 is 2.41 bits per heavy atom. The SMILES string of the molecule is COc1ccc(/C=C/c2ccccc2C2=N[C@@H](C(C)(C)C)CO2)cc1OC. The van der Waals surface area contributed by atoms with Crippen molar-refractivity contribution in [3.8, 4) is 11.5 Å². The van der Waals surface area contributed by atoms with Gasteiger partial charge in [0.15, 0.2) is 11.5 Å². The zero-order chi connectivity index (χ0) is 19.4. The third-order valence-corrected chi connectivity index (χ3v) is 4.70. The Morgan fingerprint density at radius 1 is 1.00 bits per heavy atom. The summed E-state index contributed by atoms with van der Waals surface area (Å²) in [4.78, 5) is 4.82. The standard InChI is InChI=1S/C23H27NO3/c1-23(2,3)21-15-27-22(24-21)18-9-7-6-8-17(18)12-10-16-11-13-19(25-4)20(14-16)26-5/h6-14,21H,15H2,1-5H3/b12-10+/t21-/m1/s1. The van der Waals surface area contributed by atoms with Gasteiger partial charge in [-0.25, -0.2) is 4.99 Å². The molecule has 0 aromatic heterocycles. The van der Waals surface area contributed by atoms with Crippen LogP contribution in [-0.4, -0.2) is 32.8 Å². The summed E-state index contributed by atoms with van der Waals surface area (Å²) in [5.74, 6) is 2.16. The van der Waals surface area contributed by atoms with Crippen LogP contribution in [0.1, 0.15) is 37.5 Å².